The average Bonchev–Trinajstić information content (AvgIpc) is 2.96. The van der Waals surface area contributed by atoms with Crippen molar-refractivity contribution in [1.82, 2.24) is 9.38 Å². The van der Waals surface area contributed by atoms with Crippen LogP contribution in [0.25, 0.3) is 5.65 Å². The van der Waals surface area contributed by atoms with Gasteiger partial charge in [0, 0.05) is 12.4 Å². The molecule has 0 saturated carbocycles. The normalized spacial score (nSPS) is 10.7. The number of ether oxygens (including phenoxy) is 1. The zero-order valence-corrected chi connectivity index (χ0v) is 13.0. The lowest BCUT2D eigenvalue weighted by Gasteiger charge is -2.11. The van der Waals surface area contributed by atoms with Gasteiger partial charge in [-0.25, -0.2) is 4.98 Å². The Hall–Kier alpha value is -2.82. The van der Waals surface area contributed by atoms with Crippen molar-refractivity contribution in [2.24, 2.45) is 0 Å². The first kappa shape index (κ1) is 15.1. The van der Waals surface area contributed by atoms with Gasteiger partial charge in [-0.1, -0.05) is 25.1 Å². The van der Waals surface area contributed by atoms with Crippen LogP contribution in [-0.2, 0) is 11.2 Å². The van der Waals surface area contributed by atoms with Gasteiger partial charge in [0.1, 0.15) is 11.4 Å². The largest absolute Gasteiger partial charge is 0.491 e. The molecular weight excluding hydrogens is 290 g/mol. The van der Waals surface area contributed by atoms with Gasteiger partial charge < -0.3 is 14.5 Å². The minimum Gasteiger partial charge on any atom is -0.491 e. The molecule has 0 bridgehead atoms. The fraction of sp³-hybridized carbons (Fsp3) is 0.222. The number of amides is 1. The van der Waals surface area contributed by atoms with Crippen molar-refractivity contribution in [1.29, 1.82) is 0 Å². The second-order valence-electron chi connectivity index (χ2n) is 5.27. The predicted octanol–water partition coefficient (Wildman–Crippen LogP) is 3.30. The van der Waals surface area contributed by atoms with E-state index in [0.717, 1.165) is 17.8 Å². The SMILES string of the molecule is CCCOc1ccccc1NC(=O)Cc1cn2ccccc2n1. The van der Waals surface area contributed by atoms with Gasteiger partial charge in [0.05, 0.1) is 24.4 Å². The fourth-order valence-corrected chi connectivity index (χ4v) is 2.34. The fourth-order valence-electron chi connectivity index (χ4n) is 2.34. The van der Waals surface area contributed by atoms with Crippen molar-refractivity contribution in [2.75, 3.05) is 11.9 Å². The smallest absolute Gasteiger partial charge is 0.230 e. The standard InChI is InChI=1S/C18H19N3O2/c1-2-11-23-16-8-4-3-7-15(16)20-18(22)12-14-13-21-10-6-5-9-17(21)19-14/h3-10,13H,2,11-12H2,1H3,(H,20,22). The summed E-state index contributed by atoms with van der Waals surface area (Å²) in [6.45, 7) is 2.67. The molecule has 118 valence electrons. The van der Waals surface area contributed by atoms with Gasteiger partial charge in [0.15, 0.2) is 0 Å². The quantitative estimate of drug-likeness (QED) is 0.760. The lowest BCUT2D eigenvalue weighted by atomic mass is 10.2. The number of carbonyl (C=O) groups excluding carboxylic acids is 1. The van der Waals surface area contributed by atoms with E-state index in [1.54, 1.807) is 0 Å². The van der Waals surface area contributed by atoms with E-state index in [4.69, 9.17) is 4.74 Å². The van der Waals surface area contributed by atoms with Gasteiger partial charge in [-0.05, 0) is 30.7 Å². The molecule has 1 amide bonds. The summed E-state index contributed by atoms with van der Waals surface area (Å²) in [5.41, 5.74) is 2.26. The molecule has 1 N–H and O–H groups in total. The first-order chi connectivity index (χ1) is 11.3. The van der Waals surface area contributed by atoms with E-state index in [-0.39, 0.29) is 12.3 Å². The molecule has 3 aromatic rings. The first-order valence-electron chi connectivity index (χ1n) is 7.70. The molecule has 0 atom stereocenters. The Morgan fingerprint density at radius 1 is 1.22 bits per heavy atom. The molecule has 23 heavy (non-hydrogen) atoms. The third-order valence-corrected chi connectivity index (χ3v) is 3.38. The van der Waals surface area contributed by atoms with Crippen molar-refractivity contribution >= 4 is 17.2 Å². The van der Waals surface area contributed by atoms with Gasteiger partial charge in [0.2, 0.25) is 5.91 Å². The van der Waals surface area contributed by atoms with Crippen LogP contribution in [0.2, 0.25) is 0 Å². The highest BCUT2D eigenvalue weighted by Gasteiger charge is 2.10. The van der Waals surface area contributed by atoms with Crippen LogP contribution >= 0.6 is 0 Å². The minimum atomic E-state index is -0.110. The number of hydrogen-bond donors (Lipinski definition) is 1. The van der Waals surface area contributed by atoms with Crippen LogP contribution in [0, 0.1) is 0 Å². The van der Waals surface area contributed by atoms with E-state index >= 15 is 0 Å². The van der Waals surface area contributed by atoms with E-state index < -0.39 is 0 Å². The van der Waals surface area contributed by atoms with Crippen molar-refractivity contribution < 1.29 is 9.53 Å². The zero-order chi connectivity index (χ0) is 16.1. The van der Waals surface area contributed by atoms with Crippen molar-refractivity contribution in [3.8, 4) is 5.75 Å². The van der Waals surface area contributed by atoms with Gasteiger partial charge >= 0.3 is 0 Å². The first-order valence-corrected chi connectivity index (χ1v) is 7.70. The maximum atomic E-state index is 12.3. The van der Waals surface area contributed by atoms with Crippen LogP contribution in [-0.4, -0.2) is 21.9 Å². The summed E-state index contributed by atoms with van der Waals surface area (Å²) in [6, 6.07) is 13.2. The topological polar surface area (TPSA) is 55.6 Å². The number of anilines is 1. The van der Waals surface area contributed by atoms with Gasteiger partial charge in [0.25, 0.3) is 0 Å². The Morgan fingerprint density at radius 2 is 2.04 bits per heavy atom. The van der Waals surface area contributed by atoms with Crippen LogP contribution in [0.1, 0.15) is 19.0 Å². The molecule has 0 aliphatic carbocycles. The lowest BCUT2D eigenvalue weighted by Crippen LogP contribution is -2.15. The Bertz CT molecular complexity index is 778. The highest BCUT2D eigenvalue weighted by molar-refractivity contribution is 5.93. The molecule has 0 aliphatic rings. The number of para-hydroxylation sites is 2. The molecule has 0 fully saturated rings. The van der Waals surface area contributed by atoms with Gasteiger partial charge in [-0.3, -0.25) is 4.79 Å². The van der Waals surface area contributed by atoms with Crippen LogP contribution < -0.4 is 10.1 Å². The maximum absolute atomic E-state index is 12.3. The molecule has 0 unspecified atom stereocenters. The summed E-state index contributed by atoms with van der Waals surface area (Å²) in [4.78, 5) is 16.7. The molecule has 2 aromatic heterocycles. The van der Waals surface area contributed by atoms with E-state index in [0.29, 0.717) is 18.0 Å². The van der Waals surface area contributed by atoms with Crippen LogP contribution in [0.3, 0.4) is 0 Å². The molecular formula is C18H19N3O2. The number of pyridine rings is 1. The highest BCUT2D eigenvalue weighted by Crippen LogP contribution is 2.24. The number of imidazole rings is 1. The number of aromatic nitrogens is 2. The van der Waals surface area contributed by atoms with Gasteiger partial charge in [-0.15, -0.1) is 0 Å². The Kier molecular flexibility index (Phi) is 4.57. The monoisotopic (exact) mass is 309 g/mol. The van der Waals surface area contributed by atoms with E-state index in [1.165, 1.54) is 0 Å². The summed E-state index contributed by atoms with van der Waals surface area (Å²) in [7, 11) is 0. The Morgan fingerprint density at radius 3 is 2.87 bits per heavy atom. The maximum Gasteiger partial charge on any atom is 0.230 e. The van der Waals surface area contributed by atoms with Gasteiger partial charge in [-0.2, -0.15) is 0 Å². The van der Waals surface area contributed by atoms with E-state index in [1.807, 2.05) is 66.2 Å². The van der Waals surface area contributed by atoms with Crippen molar-refractivity contribution in [3.05, 3.63) is 60.6 Å². The molecule has 5 heteroatoms. The minimum absolute atomic E-state index is 0.110. The molecule has 0 aliphatic heterocycles. The summed E-state index contributed by atoms with van der Waals surface area (Å²) in [6.07, 6.45) is 4.93. The average molecular weight is 309 g/mol. The van der Waals surface area contributed by atoms with E-state index in [9.17, 15) is 4.79 Å². The molecule has 0 spiro atoms. The predicted molar refractivity (Wildman–Crippen MR) is 89.8 cm³/mol. The number of carbonyl (C=O) groups is 1. The summed E-state index contributed by atoms with van der Waals surface area (Å²) in [5, 5.41) is 2.90. The summed E-state index contributed by atoms with van der Waals surface area (Å²) < 4.78 is 7.55. The lowest BCUT2D eigenvalue weighted by molar-refractivity contribution is -0.115. The Labute approximate surface area is 134 Å². The zero-order valence-electron chi connectivity index (χ0n) is 13.0. The third-order valence-electron chi connectivity index (χ3n) is 3.38. The Balaban J connectivity index is 1.69. The number of nitrogens with zero attached hydrogens (tertiary/aromatic N) is 2. The summed E-state index contributed by atoms with van der Waals surface area (Å²) >= 11 is 0. The van der Waals surface area contributed by atoms with E-state index in [2.05, 4.69) is 10.3 Å². The van der Waals surface area contributed by atoms with Crippen molar-refractivity contribution in [3.63, 3.8) is 0 Å². The van der Waals surface area contributed by atoms with Crippen LogP contribution in [0.4, 0.5) is 5.69 Å². The second kappa shape index (κ2) is 6.96. The number of fused-ring (bicyclic) bond motifs is 1. The molecule has 2 heterocycles. The number of hydrogen-bond acceptors (Lipinski definition) is 3. The number of benzene rings is 1. The molecule has 5 nitrogen and oxygen atoms in total. The number of nitrogens with one attached hydrogen (secondary N) is 1. The van der Waals surface area contributed by atoms with Crippen LogP contribution in [0.5, 0.6) is 5.75 Å². The summed E-state index contributed by atoms with van der Waals surface area (Å²) in [5.74, 6) is 0.582. The molecule has 0 radical (unpaired) electrons. The molecule has 1 aromatic carbocycles. The van der Waals surface area contributed by atoms with Crippen LogP contribution in [0.15, 0.2) is 54.9 Å². The number of rotatable bonds is 6. The molecule has 3 rings (SSSR count). The molecule has 0 saturated heterocycles. The second-order valence-corrected chi connectivity index (χ2v) is 5.27. The third kappa shape index (κ3) is 3.69. The highest BCUT2D eigenvalue weighted by atomic mass is 16.5. The van der Waals surface area contributed by atoms with Crippen molar-refractivity contribution in [2.45, 2.75) is 19.8 Å².